The summed E-state index contributed by atoms with van der Waals surface area (Å²) in [4.78, 5) is 11.9. The van der Waals surface area contributed by atoms with Gasteiger partial charge in [-0.3, -0.25) is 4.72 Å². The third-order valence-electron chi connectivity index (χ3n) is 3.82. The van der Waals surface area contributed by atoms with Crippen LogP contribution in [0.3, 0.4) is 0 Å². The van der Waals surface area contributed by atoms with Crippen molar-refractivity contribution in [2.45, 2.75) is 71.9 Å². The number of ether oxygens (including phenoxy) is 1. The molecule has 0 amide bonds. The average Bonchev–Trinajstić information content (AvgIpc) is 2.50. The van der Waals surface area contributed by atoms with Crippen LogP contribution >= 0.6 is 12.8 Å². The van der Waals surface area contributed by atoms with E-state index in [2.05, 4.69) is 31.4 Å². The van der Waals surface area contributed by atoms with E-state index in [1.807, 2.05) is 38.1 Å². The quantitative estimate of drug-likeness (QED) is 0.344. The summed E-state index contributed by atoms with van der Waals surface area (Å²) >= 11 is 4.25. The molecule has 0 aromatic heterocycles. The van der Waals surface area contributed by atoms with Gasteiger partial charge in [-0.15, -0.1) is 0 Å². The van der Waals surface area contributed by atoms with Crippen molar-refractivity contribution in [2.24, 2.45) is 5.92 Å². The molecule has 1 unspecified atom stereocenters. The molecule has 0 saturated heterocycles. The van der Waals surface area contributed by atoms with Crippen molar-refractivity contribution in [3.8, 4) is 0 Å². The lowest BCUT2D eigenvalue weighted by atomic mass is 9.98. The molecule has 0 radical (unpaired) electrons. The first-order valence-corrected chi connectivity index (χ1v) is 9.09. The van der Waals surface area contributed by atoms with Gasteiger partial charge in [0.25, 0.3) is 0 Å². The Bertz CT molecular complexity index is 457. The zero-order chi connectivity index (χ0) is 17.2. The molecule has 0 aliphatic heterocycles. The smallest absolute Gasteiger partial charge is 0.338 e. The normalized spacial score (nSPS) is 12.7. The first-order valence-electron chi connectivity index (χ1n) is 8.64. The van der Waals surface area contributed by atoms with E-state index in [9.17, 15) is 4.79 Å². The summed E-state index contributed by atoms with van der Waals surface area (Å²) in [5, 5.41) is 0. The molecular formula is C19H31NO2S. The van der Waals surface area contributed by atoms with Crippen LogP contribution in [0.2, 0.25) is 0 Å². The zero-order valence-electron chi connectivity index (χ0n) is 14.8. The summed E-state index contributed by atoms with van der Waals surface area (Å²) in [5.41, 5.74) is 1.75. The number of rotatable bonds is 10. The van der Waals surface area contributed by atoms with Gasteiger partial charge < -0.3 is 4.74 Å². The van der Waals surface area contributed by atoms with E-state index in [-0.39, 0.29) is 18.1 Å². The van der Waals surface area contributed by atoms with Gasteiger partial charge in [0.1, 0.15) is 0 Å². The molecule has 4 heteroatoms. The van der Waals surface area contributed by atoms with Crippen molar-refractivity contribution >= 4 is 18.8 Å². The number of thiol groups is 1. The molecule has 0 fully saturated rings. The minimum atomic E-state index is -0.268. The van der Waals surface area contributed by atoms with Crippen LogP contribution in [0.4, 0.5) is 0 Å². The van der Waals surface area contributed by atoms with Crippen molar-refractivity contribution in [3.63, 3.8) is 0 Å². The van der Waals surface area contributed by atoms with Gasteiger partial charge in [0.2, 0.25) is 0 Å². The molecule has 0 aliphatic rings. The fraction of sp³-hybridized carbons (Fsp3) is 0.632. The predicted octanol–water partition coefficient (Wildman–Crippen LogP) is 5.33. The minimum Gasteiger partial charge on any atom is -0.459 e. The summed E-state index contributed by atoms with van der Waals surface area (Å²) in [6.45, 7) is 8.24. The average molecular weight is 338 g/mol. The molecule has 3 nitrogen and oxygen atoms in total. The molecule has 0 spiro atoms. The van der Waals surface area contributed by atoms with Gasteiger partial charge in [-0.2, -0.15) is 0 Å². The van der Waals surface area contributed by atoms with E-state index in [4.69, 9.17) is 4.74 Å². The lowest BCUT2D eigenvalue weighted by Gasteiger charge is -2.16. The fourth-order valence-corrected chi connectivity index (χ4v) is 2.80. The van der Waals surface area contributed by atoms with Crippen LogP contribution in [0.15, 0.2) is 24.3 Å². The molecular weight excluding hydrogens is 306 g/mol. The van der Waals surface area contributed by atoms with Crippen molar-refractivity contribution < 1.29 is 9.53 Å². The minimum absolute atomic E-state index is 0.0973. The van der Waals surface area contributed by atoms with Gasteiger partial charge in [0.15, 0.2) is 0 Å². The van der Waals surface area contributed by atoms with E-state index in [0.717, 1.165) is 17.9 Å². The summed E-state index contributed by atoms with van der Waals surface area (Å²) < 4.78 is 8.28. The van der Waals surface area contributed by atoms with Crippen molar-refractivity contribution in [2.75, 3.05) is 0 Å². The zero-order valence-corrected chi connectivity index (χ0v) is 15.7. The number of hydrogen-bond acceptors (Lipinski definition) is 4. The monoisotopic (exact) mass is 337 g/mol. The SMILES string of the molecule is CC(C)CCCCCC(NS)c1ccc(C(=O)OC(C)C)cc1. The fourth-order valence-electron chi connectivity index (χ4n) is 2.52. The number of hydrogen-bond donors (Lipinski definition) is 2. The van der Waals surface area contributed by atoms with Gasteiger partial charge in [0.05, 0.1) is 11.7 Å². The van der Waals surface area contributed by atoms with E-state index < -0.39 is 0 Å². The Kier molecular flexibility index (Phi) is 9.34. The molecule has 23 heavy (non-hydrogen) atoms. The Hall–Kier alpha value is -1.00. The van der Waals surface area contributed by atoms with Crippen LogP contribution < -0.4 is 4.72 Å². The highest BCUT2D eigenvalue weighted by molar-refractivity contribution is 7.78. The van der Waals surface area contributed by atoms with Crippen LogP contribution in [0.25, 0.3) is 0 Å². The molecule has 0 aliphatic carbocycles. The lowest BCUT2D eigenvalue weighted by Crippen LogP contribution is -2.13. The Morgan fingerprint density at radius 3 is 2.17 bits per heavy atom. The Labute approximate surface area is 146 Å². The highest BCUT2D eigenvalue weighted by Gasteiger charge is 2.12. The molecule has 1 aromatic carbocycles. The number of carbonyl (C=O) groups excluding carboxylic acids is 1. The van der Waals surface area contributed by atoms with E-state index in [1.54, 1.807) is 0 Å². The Morgan fingerprint density at radius 1 is 1.04 bits per heavy atom. The highest BCUT2D eigenvalue weighted by atomic mass is 32.1. The number of benzene rings is 1. The van der Waals surface area contributed by atoms with Crippen LogP contribution in [0.5, 0.6) is 0 Å². The third kappa shape index (κ3) is 7.89. The molecule has 1 aromatic rings. The molecule has 1 atom stereocenters. The number of unbranched alkanes of at least 4 members (excludes halogenated alkanes) is 2. The third-order valence-corrected chi connectivity index (χ3v) is 4.13. The molecule has 130 valence electrons. The van der Waals surface area contributed by atoms with Crippen molar-refractivity contribution in [1.29, 1.82) is 0 Å². The van der Waals surface area contributed by atoms with Crippen LogP contribution in [0.1, 0.15) is 81.8 Å². The van der Waals surface area contributed by atoms with Gasteiger partial charge in [0, 0.05) is 6.04 Å². The lowest BCUT2D eigenvalue weighted by molar-refractivity contribution is 0.0378. The van der Waals surface area contributed by atoms with Crippen LogP contribution in [0, 0.1) is 5.92 Å². The molecule has 1 N–H and O–H groups in total. The largest absolute Gasteiger partial charge is 0.459 e. The van der Waals surface area contributed by atoms with E-state index in [1.165, 1.54) is 25.7 Å². The first-order chi connectivity index (χ1) is 10.9. The van der Waals surface area contributed by atoms with Gasteiger partial charge in [-0.25, -0.2) is 4.79 Å². The predicted molar refractivity (Wildman–Crippen MR) is 99.8 cm³/mol. The number of nitrogens with one attached hydrogen (secondary N) is 1. The van der Waals surface area contributed by atoms with Crippen LogP contribution in [-0.2, 0) is 4.74 Å². The topological polar surface area (TPSA) is 38.3 Å². The Morgan fingerprint density at radius 2 is 1.65 bits per heavy atom. The van der Waals surface area contributed by atoms with Crippen LogP contribution in [-0.4, -0.2) is 12.1 Å². The molecule has 0 saturated carbocycles. The summed E-state index contributed by atoms with van der Waals surface area (Å²) in [5.74, 6) is 0.516. The standard InChI is InChI=1S/C19H31NO2S/c1-14(2)8-6-5-7-9-18(20-23)16-10-12-17(13-11-16)19(21)22-15(3)4/h10-15,18,20,23H,5-9H2,1-4H3. The second-order valence-corrected chi connectivity index (χ2v) is 7.05. The van der Waals surface area contributed by atoms with Gasteiger partial charge in [-0.1, -0.05) is 64.5 Å². The number of carbonyl (C=O) groups is 1. The summed E-state index contributed by atoms with van der Waals surface area (Å²) in [6.07, 6.45) is 5.98. The second kappa shape index (κ2) is 10.7. The van der Waals surface area contributed by atoms with E-state index >= 15 is 0 Å². The van der Waals surface area contributed by atoms with Crippen molar-refractivity contribution in [1.82, 2.24) is 4.72 Å². The van der Waals surface area contributed by atoms with Gasteiger partial charge in [-0.05, 0) is 43.9 Å². The highest BCUT2D eigenvalue weighted by Crippen LogP contribution is 2.22. The summed E-state index contributed by atoms with van der Waals surface area (Å²) in [6, 6.07) is 7.85. The summed E-state index contributed by atoms with van der Waals surface area (Å²) in [7, 11) is 0. The Balaban J connectivity index is 2.50. The molecule has 1 rings (SSSR count). The first kappa shape index (κ1) is 20.0. The maximum Gasteiger partial charge on any atom is 0.338 e. The molecule has 0 bridgehead atoms. The van der Waals surface area contributed by atoms with E-state index in [0.29, 0.717) is 5.56 Å². The maximum absolute atomic E-state index is 11.9. The second-order valence-electron chi connectivity index (χ2n) is 6.79. The van der Waals surface area contributed by atoms with Crippen molar-refractivity contribution in [3.05, 3.63) is 35.4 Å². The van der Waals surface area contributed by atoms with Gasteiger partial charge >= 0.3 is 5.97 Å². The maximum atomic E-state index is 11.9. The number of esters is 1. The molecule has 0 heterocycles.